The van der Waals surface area contributed by atoms with E-state index in [1.54, 1.807) is 18.9 Å². The molecular weight excluding hydrogens is 419 g/mol. The van der Waals surface area contributed by atoms with Gasteiger partial charge in [-0.15, -0.1) is 0 Å². The Hall–Kier alpha value is -3.31. The fraction of sp³-hybridized carbons (Fsp3) is 0.148. The van der Waals surface area contributed by atoms with Gasteiger partial charge in [-0.3, -0.25) is 0 Å². The molecule has 0 saturated heterocycles. The van der Waals surface area contributed by atoms with E-state index in [4.69, 9.17) is 9.73 Å². The van der Waals surface area contributed by atoms with Gasteiger partial charge in [0, 0.05) is 11.0 Å². The first-order valence-corrected chi connectivity index (χ1v) is 11.6. The van der Waals surface area contributed by atoms with Gasteiger partial charge in [0.05, 0.1) is 24.5 Å². The Bertz CT molecular complexity index is 1290. The second kappa shape index (κ2) is 7.68. The van der Waals surface area contributed by atoms with Crippen LogP contribution in [0.25, 0.3) is 11.4 Å². The molecule has 0 fully saturated rings. The zero-order valence-electron chi connectivity index (χ0n) is 17.6. The van der Waals surface area contributed by atoms with Gasteiger partial charge in [0.15, 0.2) is 5.17 Å². The van der Waals surface area contributed by atoms with Gasteiger partial charge in [0.25, 0.3) is 0 Å². The minimum Gasteiger partial charge on any atom is -0.497 e. The van der Waals surface area contributed by atoms with E-state index in [-0.39, 0.29) is 11.9 Å². The zero-order valence-corrected chi connectivity index (χ0v) is 18.4. The smallest absolute Gasteiger partial charge is 0.174 e. The van der Waals surface area contributed by atoms with Crippen molar-refractivity contribution in [3.63, 3.8) is 0 Å². The molecule has 1 unspecified atom stereocenters. The summed E-state index contributed by atoms with van der Waals surface area (Å²) in [7, 11) is 1.69. The highest BCUT2D eigenvalue weighted by Crippen LogP contribution is 2.51. The lowest BCUT2D eigenvalue weighted by Gasteiger charge is -2.39. The summed E-state index contributed by atoms with van der Waals surface area (Å²) in [5.41, 5.74) is 8.25. The van der Waals surface area contributed by atoms with Crippen LogP contribution in [0.4, 0.5) is 4.39 Å². The van der Waals surface area contributed by atoms with Crippen molar-refractivity contribution in [2.75, 3.05) is 7.11 Å². The van der Waals surface area contributed by atoms with Crippen LogP contribution in [-0.4, -0.2) is 17.2 Å². The summed E-state index contributed by atoms with van der Waals surface area (Å²) in [5.74, 6) is 0.611. The molecule has 2 heterocycles. The summed E-state index contributed by atoms with van der Waals surface area (Å²) in [4.78, 5) is 7.46. The lowest BCUT2D eigenvalue weighted by atomic mass is 9.82. The third-order valence-electron chi connectivity index (χ3n) is 6.35. The van der Waals surface area contributed by atoms with Crippen LogP contribution in [0.3, 0.4) is 0 Å². The lowest BCUT2D eigenvalue weighted by molar-refractivity contribution is 0.413. The first-order valence-electron chi connectivity index (χ1n) is 10.7. The SMILES string of the molecule is COc1ccc(C2C3=C(N=C4SC=C(c5ccc(F)cc5)N42)c2ccccc2CC3)cc1. The number of rotatable bonds is 3. The average molecular weight is 441 g/mol. The number of aliphatic imine (C=N–C) groups is 1. The number of nitrogens with zero attached hydrogens (tertiary/aromatic N) is 2. The van der Waals surface area contributed by atoms with Crippen molar-refractivity contribution >= 4 is 28.3 Å². The van der Waals surface area contributed by atoms with E-state index in [0.29, 0.717) is 0 Å². The maximum Gasteiger partial charge on any atom is 0.174 e. The molecule has 0 bridgehead atoms. The van der Waals surface area contributed by atoms with Crippen molar-refractivity contribution in [1.82, 2.24) is 4.90 Å². The second-order valence-corrected chi connectivity index (χ2v) is 8.94. The van der Waals surface area contributed by atoms with Crippen LogP contribution >= 0.6 is 11.8 Å². The van der Waals surface area contributed by atoms with Gasteiger partial charge >= 0.3 is 0 Å². The molecule has 3 aliphatic rings. The number of halogens is 1. The standard InChI is InChI=1S/C27H21FN2OS/c1-31-21-13-8-19(9-14-21)26-23-15-10-17-4-2-3-5-22(17)25(23)29-27-30(26)24(16-32-27)18-6-11-20(28)12-7-18/h2-9,11-14,16,26H,10,15H2,1H3. The van der Waals surface area contributed by atoms with Gasteiger partial charge in [-0.05, 0) is 71.5 Å². The normalized spacial score (nSPS) is 19.1. The Labute approximate surface area is 190 Å². The Morgan fingerprint density at radius 2 is 1.75 bits per heavy atom. The minimum absolute atomic E-state index is 0.0306. The van der Waals surface area contributed by atoms with Gasteiger partial charge in [0.1, 0.15) is 11.6 Å². The Balaban J connectivity index is 1.52. The Kier molecular flexibility index (Phi) is 4.65. The molecule has 1 atom stereocenters. The van der Waals surface area contributed by atoms with Crippen molar-refractivity contribution in [2.24, 2.45) is 4.99 Å². The highest BCUT2D eigenvalue weighted by molar-refractivity contribution is 8.16. The summed E-state index contributed by atoms with van der Waals surface area (Å²) in [6.45, 7) is 0. The van der Waals surface area contributed by atoms with E-state index in [0.717, 1.165) is 40.7 Å². The molecular formula is C27H21FN2OS. The van der Waals surface area contributed by atoms with E-state index in [2.05, 4.69) is 46.7 Å². The number of benzene rings is 3. The van der Waals surface area contributed by atoms with Gasteiger partial charge in [-0.1, -0.05) is 48.2 Å². The number of hydrogen-bond acceptors (Lipinski definition) is 4. The number of methoxy groups -OCH3 is 1. The molecule has 158 valence electrons. The maximum absolute atomic E-state index is 13.6. The van der Waals surface area contributed by atoms with Crippen LogP contribution in [0.2, 0.25) is 0 Å². The second-order valence-electron chi connectivity index (χ2n) is 8.10. The van der Waals surface area contributed by atoms with E-state index >= 15 is 0 Å². The molecule has 0 spiro atoms. The highest BCUT2D eigenvalue weighted by Gasteiger charge is 2.40. The van der Waals surface area contributed by atoms with Crippen LogP contribution in [0.5, 0.6) is 5.75 Å². The third-order valence-corrected chi connectivity index (χ3v) is 7.19. The minimum atomic E-state index is -0.229. The molecule has 5 heteroatoms. The summed E-state index contributed by atoms with van der Waals surface area (Å²) >= 11 is 1.63. The predicted molar refractivity (Wildman–Crippen MR) is 129 cm³/mol. The van der Waals surface area contributed by atoms with E-state index in [1.165, 1.54) is 34.4 Å². The van der Waals surface area contributed by atoms with Crippen LogP contribution in [0.15, 0.2) is 88.8 Å². The summed E-state index contributed by atoms with van der Waals surface area (Å²) in [6.07, 6.45) is 1.96. The van der Waals surface area contributed by atoms with Crippen molar-refractivity contribution in [3.05, 3.63) is 112 Å². The van der Waals surface area contributed by atoms with Crippen molar-refractivity contribution in [2.45, 2.75) is 18.9 Å². The van der Waals surface area contributed by atoms with Crippen LogP contribution in [-0.2, 0) is 6.42 Å². The molecule has 0 N–H and O–H groups in total. The van der Waals surface area contributed by atoms with Crippen molar-refractivity contribution in [1.29, 1.82) is 0 Å². The van der Waals surface area contributed by atoms with Gasteiger partial charge in [-0.25, -0.2) is 9.38 Å². The molecule has 0 saturated carbocycles. The zero-order chi connectivity index (χ0) is 21.7. The average Bonchev–Trinajstić information content (AvgIpc) is 3.27. The molecule has 0 radical (unpaired) electrons. The lowest BCUT2D eigenvalue weighted by Crippen LogP contribution is -2.34. The van der Waals surface area contributed by atoms with Gasteiger partial charge in [0.2, 0.25) is 0 Å². The maximum atomic E-state index is 13.6. The van der Waals surface area contributed by atoms with Gasteiger partial charge in [-0.2, -0.15) is 0 Å². The largest absolute Gasteiger partial charge is 0.497 e. The van der Waals surface area contributed by atoms with E-state index < -0.39 is 0 Å². The Morgan fingerprint density at radius 1 is 0.969 bits per heavy atom. The summed E-state index contributed by atoms with van der Waals surface area (Å²) < 4.78 is 19.0. The third kappa shape index (κ3) is 3.07. The number of hydrogen-bond donors (Lipinski definition) is 0. The molecule has 0 aromatic heterocycles. The predicted octanol–water partition coefficient (Wildman–Crippen LogP) is 6.65. The van der Waals surface area contributed by atoms with Crippen molar-refractivity contribution in [3.8, 4) is 5.75 Å². The fourth-order valence-electron chi connectivity index (χ4n) is 4.80. The van der Waals surface area contributed by atoms with Crippen LogP contribution in [0.1, 0.15) is 34.7 Å². The summed E-state index contributed by atoms with van der Waals surface area (Å²) in [5, 5.41) is 3.09. The monoisotopic (exact) mass is 440 g/mol. The van der Waals surface area contributed by atoms with E-state index in [9.17, 15) is 4.39 Å². The number of thioether (sulfide) groups is 1. The number of aryl methyl sites for hydroxylation is 1. The van der Waals surface area contributed by atoms with Gasteiger partial charge < -0.3 is 9.64 Å². The molecule has 6 rings (SSSR count). The first kappa shape index (κ1) is 19.4. The van der Waals surface area contributed by atoms with Crippen LogP contribution < -0.4 is 4.74 Å². The first-order chi connectivity index (χ1) is 15.7. The molecule has 3 nitrogen and oxygen atoms in total. The molecule has 2 aliphatic heterocycles. The Morgan fingerprint density at radius 3 is 2.53 bits per heavy atom. The van der Waals surface area contributed by atoms with E-state index in [1.807, 2.05) is 24.3 Å². The topological polar surface area (TPSA) is 24.8 Å². The van der Waals surface area contributed by atoms with Crippen molar-refractivity contribution < 1.29 is 9.13 Å². The molecule has 3 aromatic rings. The fourth-order valence-corrected chi connectivity index (χ4v) is 5.73. The molecule has 0 amide bonds. The quantitative estimate of drug-likeness (QED) is 0.456. The summed E-state index contributed by atoms with van der Waals surface area (Å²) in [6, 6.07) is 23.7. The molecule has 3 aromatic carbocycles. The number of fused-ring (bicyclic) bond motifs is 3. The van der Waals surface area contributed by atoms with Crippen LogP contribution in [0, 0.1) is 5.82 Å². The highest BCUT2D eigenvalue weighted by atomic mass is 32.2. The molecule has 32 heavy (non-hydrogen) atoms. The number of amidine groups is 1. The molecule has 1 aliphatic carbocycles. The number of ether oxygens (including phenoxy) is 1.